The molecule has 0 aliphatic carbocycles. The maximum Gasteiger partial charge on any atom is 0.255 e. The number of amides is 1. The molecule has 1 fully saturated rings. The number of ether oxygens (including phenoxy) is 1. The molecule has 1 saturated heterocycles. The molecule has 37 heavy (non-hydrogen) atoms. The second-order valence-electron chi connectivity index (χ2n) is 9.17. The van der Waals surface area contributed by atoms with Gasteiger partial charge in [0.15, 0.2) is 0 Å². The number of H-pyrrole nitrogens is 1. The lowest BCUT2D eigenvalue weighted by Crippen LogP contribution is -2.36. The molecule has 0 saturated carbocycles. The number of fused-ring (bicyclic) bond motifs is 2. The molecule has 5 aromatic rings. The third kappa shape index (κ3) is 4.68. The fourth-order valence-electron chi connectivity index (χ4n) is 4.64. The molecule has 9 nitrogen and oxygen atoms in total. The van der Waals surface area contributed by atoms with Gasteiger partial charge in [0.1, 0.15) is 11.3 Å². The zero-order chi connectivity index (χ0) is 25.4. The summed E-state index contributed by atoms with van der Waals surface area (Å²) < 4.78 is 5.43. The first-order valence-electron chi connectivity index (χ1n) is 12.3. The van der Waals surface area contributed by atoms with Gasteiger partial charge in [0.25, 0.3) is 5.91 Å². The molecule has 1 aliphatic heterocycles. The number of aromatic amines is 1. The minimum Gasteiger partial charge on any atom is -0.378 e. The number of aryl methyl sites for hydroxylation is 2. The number of hydrogen-bond donors (Lipinski definition) is 3. The van der Waals surface area contributed by atoms with E-state index in [4.69, 9.17) is 9.72 Å². The first-order valence-corrected chi connectivity index (χ1v) is 12.3. The summed E-state index contributed by atoms with van der Waals surface area (Å²) in [5.74, 6) is 1.04. The largest absolute Gasteiger partial charge is 0.378 e. The van der Waals surface area contributed by atoms with Crippen molar-refractivity contribution < 1.29 is 9.53 Å². The molecule has 0 spiro atoms. The molecular formula is C28H27N7O2. The number of anilines is 4. The van der Waals surface area contributed by atoms with E-state index in [1.807, 2.05) is 68.4 Å². The minimum atomic E-state index is -0.204. The van der Waals surface area contributed by atoms with Gasteiger partial charge in [-0.2, -0.15) is 0 Å². The first kappa shape index (κ1) is 22.9. The number of carbonyl (C=O) groups excluding carboxylic acids is 1. The van der Waals surface area contributed by atoms with Crippen LogP contribution in [0.1, 0.15) is 21.7 Å². The molecule has 0 radical (unpaired) electrons. The first-order chi connectivity index (χ1) is 18.0. The van der Waals surface area contributed by atoms with Crippen LogP contribution in [0, 0.1) is 13.8 Å². The van der Waals surface area contributed by atoms with Crippen molar-refractivity contribution in [1.82, 2.24) is 19.9 Å². The van der Waals surface area contributed by atoms with Crippen molar-refractivity contribution in [3.05, 3.63) is 77.7 Å². The Kier molecular flexibility index (Phi) is 5.90. The molecule has 6 rings (SSSR count). The highest BCUT2D eigenvalue weighted by atomic mass is 16.5. The summed E-state index contributed by atoms with van der Waals surface area (Å²) in [6, 6.07) is 17.5. The zero-order valence-electron chi connectivity index (χ0n) is 20.7. The standard InChI is InChI=1S/C28H27N7O2/c1-17-4-3-5-20-16-29-28(34-25(17)20)32-21-14-23-26(31-18(2)30-23)24(15-21)33-27(36)19-6-8-22(9-7-19)35-10-12-37-13-11-35/h3-9,14-16H,10-13H2,1-2H3,(H,30,31)(H,33,36)(H,29,32,34). The lowest BCUT2D eigenvalue weighted by Gasteiger charge is -2.28. The highest BCUT2D eigenvalue weighted by molar-refractivity contribution is 6.09. The van der Waals surface area contributed by atoms with Crippen molar-refractivity contribution in [2.75, 3.05) is 41.8 Å². The van der Waals surface area contributed by atoms with Gasteiger partial charge in [0, 0.05) is 41.6 Å². The van der Waals surface area contributed by atoms with E-state index >= 15 is 0 Å². The molecule has 0 unspecified atom stereocenters. The van der Waals surface area contributed by atoms with Gasteiger partial charge < -0.3 is 25.3 Å². The number of rotatable bonds is 5. The summed E-state index contributed by atoms with van der Waals surface area (Å²) in [6.07, 6.45) is 1.81. The van der Waals surface area contributed by atoms with Crippen LogP contribution in [0.15, 0.2) is 60.8 Å². The molecule has 0 bridgehead atoms. The van der Waals surface area contributed by atoms with Gasteiger partial charge in [-0.25, -0.2) is 15.0 Å². The zero-order valence-corrected chi connectivity index (χ0v) is 20.7. The number of morpholine rings is 1. The molecule has 3 N–H and O–H groups in total. The summed E-state index contributed by atoms with van der Waals surface area (Å²) in [5.41, 5.74) is 6.47. The lowest BCUT2D eigenvalue weighted by atomic mass is 10.1. The number of aromatic nitrogens is 4. The maximum atomic E-state index is 13.2. The fraction of sp³-hybridized carbons (Fsp3) is 0.214. The Labute approximate surface area is 213 Å². The van der Waals surface area contributed by atoms with Crippen molar-refractivity contribution in [3.63, 3.8) is 0 Å². The smallest absolute Gasteiger partial charge is 0.255 e. The quantitative estimate of drug-likeness (QED) is 0.318. The molecule has 1 amide bonds. The molecule has 3 heterocycles. The third-order valence-electron chi connectivity index (χ3n) is 6.53. The van der Waals surface area contributed by atoms with Crippen molar-refractivity contribution in [3.8, 4) is 0 Å². The summed E-state index contributed by atoms with van der Waals surface area (Å²) in [7, 11) is 0. The van der Waals surface area contributed by atoms with E-state index in [0.29, 0.717) is 22.7 Å². The topological polar surface area (TPSA) is 108 Å². The van der Waals surface area contributed by atoms with Crippen molar-refractivity contribution in [1.29, 1.82) is 0 Å². The van der Waals surface area contributed by atoms with Gasteiger partial charge >= 0.3 is 0 Å². The molecule has 186 valence electrons. The molecule has 0 atom stereocenters. The molecular weight excluding hydrogens is 466 g/mol. The number of carbonyl (C=O) groups is 1. The summed E-state index contributed by atoms with van der Waals surface area (Å²) in [5, 5.41) is 7.31. The van der Waals surface area contributed by atoms with Gasteiger partial charge in [-0.05, 0) is 55.8 Å². The number of nitrogens with zero attached hydrogens (tertiary/aromatic N) is 4. The third-order valence-corrected chi connectivity index (χ3v) is 6.53. The number of benzene rings is 3. The van der Waals surface area contributed by atoms with E-state index in [0.717, 1.165) is 65.5 Å². The predicted octanol–water partition coefficient (Wildman–Crippen LogP) is 4.96. The second kappa shape index (κ2) is 9.51. The molecule has 9 heteroatoms. The van der Waals surface area contributed by atoms with Crippen molar-refractivity contribution in [2.24, 2.45) is 0 Å². The van der Waals surface area contributed by atoms with Crippen LogP contribution >= 0.6 is 0 Å². The summed E-state index contributed by atoms with van der Waals surface area (Å²) >= 11 is 0. The fourth-order valence-corrected chi connectivity index (χ4v) is 4.64. The Bertz CT molecular complexity index is 1610. The van der Waals surface area contributed by atoms with Crippen molar-refractivity contribution >= 4 is 50.9 Å². The van der Waals surface area contributed by atoms with Crippen LogP contribution in [0.5, 0.6) is 0 Å². The number of nitrogens with one attached hydrogen (secondary N) is 3. The lowest BCUT2D eigenvalue weighted by molar-refractivity contribution is 0.102. The highest BCUT2D eigenvalue weighted by Crippen LogP contribution is 2.29. The summed E-state index contributed by atoms with van der Waals surface area (Å²) in [4.78, 5) is 32.4. The Balaban J connectivity index is 1.27. The molecule has 1 aliphatic rings. The van der Waals surface area contributed by atoms with Gasteiger partial charge in [0.05, 0.1) is 29.9 Å². The highest BCUT2D eigenvalue weighted by Gasteiger charge is 2.15. The van der Waals surface area contributed by atoms with E-state index in [2.05, 4.69) is 30.5 Å². The average molecular weight is 494 g/mol. The minimum absolute atomic E-state index is 0.204. The average Bonchev–Trinajstić information content (AvgIpc) is 3.30. The van der Waals surface area contributed by atoms with Crippen LogP contribution < -0.4 is 15.5 Å². The number of hydrogen-bond acceptors (Lipinski definition) is 7. The maximum absolute atomic E-state index is 13.2. The number of para-hydroxylation sites is 1. The van der Waals surface area contributed by atoms with Crippen LogP contribution in [0.2, 0.25) is 0 Å². The molecule has 3 aromatic carbocycles. The van der Waals surface area contributed by atoms with Crippen LogP contribution in [-0.4, -0.2) is 52.1 Å². The summed E-state index contributed by atoms with van der Waals surface area (Å²) in [6.45, 7) is 7.05. The Hall–Kier alpha value is -4.50. The van der Waals surface area contributed by atoms with Gasteiger partial charge in [-0.15, -0.1) is 0 Å². The SMILES string of the molecule is Cc1nc2c(NC(=O)c3ccc(N4CCOCC4)cc3)cc(Nc3ncc4cccc(C)c4n3)cc2[nH]1. The monoisotopic (exact) mass is 493 g/mol. The van der Waals surface area contributed by atoms with Crippen LogP contribution in [0.4, 0.5) is 23.0 Å². The predicted molar refractivity (Wildman–Crippen MR) is 146 cm³/mol. The van der Waals surface area contributed by atoms with Gasteiger partial charge in [-0.3, -0.25) is 4.79 Å². The van der Waals surface area contributed by atoms with Crippen LogP contribution in [0.3, 0.4) is 0 Å². The Morgan fingerprint density at radius 3 is 2.62 bits per heavy atom. The number of imidazole rings is 1. The van der Waals surface area contributed by atoms with Crippen LogP contribution in [-0.2, 0) is 4.74 Å². The van der Waals surface area contributed by atoms with Crippen molar-refractivity contribution in [2.45, 2.75) is 13.8 Å². The Morgan fingerprint density at radius 2 is 1.81 bits per heavy atom. The van der Waals surface area contributed by atoms with Gasteiger partial charge in [-0.1, -0.05) is 18.2 Å². The Morgan fingerprint density at radius 1 is 1.00 bits per heavy atom. The normalized spacial score (nSPS) is 13.7. The van der Waals surface area contributed by atoms with Crippen LogP contribution in [0.25, 0.3) is 21.9 Å². The van der Waals surface area contributed by atoms with E-state index in [1.165, 1.54) is 0 Å². The van der Waals surface area contributed by atoms with Gasteiger partial charge in [0.2, 0.25) is 5.95 Å². The van der Waals surface area contributed by atoms with E-state index in [-0.39, 0.29) is 5.91 Å². The van der Waals surface area contributed by atoms with E-state index < -0.39 is 0 Å². The van der Waals surface area contributed by atoms with E-state index in [1.54, 1.807) is 6.20 Å². The molecule has 2 aromatic heterocycles. The van der Waals surface area contributed by atoms with E-state index in [9.17, 15) is 4.79 Å². The second-order valence-corrected chi connectivity index (χ2v) is 9.17.